The van der Waals surface area contributed by atoms with Gasteiger partial charge in [0.1, 0.15) is 5.65 Å². The van der Waals surface area contributed by atoms with Gasteiger partial charge >= 0.3 is 0 Å². The van der Waals surface area contributed by atoms with Gasteiger partial charge in [0.15, 0.2) is 0 Å². The highest BCUT2D eigenvalue weighted by Gasteiger charge is 2.09. The summed E-state index contributed by atoms with van der Waals surface area (Å²) >= 11 is 0. The molecule has 0 aliphatic heterocycles. The first-order valence-corrected chi connectivity index (χ1v) is 7.97. The van der Waals surface area contributed by atoms with Crippen molar-refractivity contribution in [2.45, 2.75) is 26.8 Å². The molecule has 0 spiro atoms. The highest BCUT2D eigenvalue weighted by Crippen LogP contribution is 2.19. The van der Waals surface area contributed by atoms with Crippen LogP contribution in [0, 0.1) is 0 Å². The summed E-state index contributed by atoms with van der Waals surface area (Å²) in [6, 6.07) is 10.5. The summed E-state index contributed by atoms with van der Waals surface area (Å²) in [4.78, 5) is 32.0. The third-order valence-electron chi connectivity index (χ3n) is 3.64. The minimum Gasteiger partial charge on any atom is -0.326 e. The minimum absolute atomic E-state index is 0.00381. The first-order valence-electron chi connectivity index (χ1n) is 7.97. The number of anilines is 3. The van der Waals surface area contributed by atoms with Gasteiger partial charge in [0, 0.05) is 42.0 Å². The quantitative estimate of drug-likeness (QED) is 0.764. The van der Waals surface area contributed by atoms with Gasteiger partial charge < -0.3 is 10.6 Å². The molecule has 7 nitrogen and oxygen atoms in total. The second-order valence-corrected chi connectivity index (χ2v) is 5.99. The first kappa shape index (κ1) is 16.6. The molecule has 0 saturated carbocycles. The van der Waals surface area contributed by atoms with E-state index < -0.39 is 0 Å². The van der Waals surface area contributed by atoms with Crippen molar-refractivity contribution in [1.82, 2.24) is 14.5 Å². The molecule has 0 bridgehead atoms. The number of amides is 1. The Balaban J connectivity index is 1.93. The van der Waals surface area contributed by atoms with Crippen LogP contribution in [0.4, 0.5) is 17.3 Å². The number of fused-ring (bicyclic) bond motifs is 1. The van der Waals surface area contributed by atoms with Gasteiger partial charge in [0.2, 0.25) is 11.9 Å². The second kappa shape index (κ2) is 6.72. The van der Waals surface area contributed by atoms with Gasteiger partial charge in [-0.3, -0.25) is 14.2 Å². The predicted molar refractivity (Wildman–Crippen MR) is 98.2 cm³/mol. The van der Waals surface area contributed by atoms with Gasteiger partial charge in [-0.1, -0.05) is 0 Å². The predicted octanol–water partition coefficient (Wildman–Crippen LogP) is 3.07. The highest BCUT2D eigenvalue weighted by molar-refractivity contribution is 5.88. The topological polar surface area (TPSA) is 88.9 Å². The molecule has 0 fully saturated rings. The van der Waals surface area contributed by atoms with Gasteiger partial charge in [-0.25, -0.2) is 4.98 Å². The van der Waals surface area contributed by atoms with Crippen molar-refractivity contribution in [2.24, 2.45) is 0 Å². The molecule has 0 atom stereocenters. The highest BCUT2D eigenvalue weighted by atomic mass is 16.1. The van der Waals surface area contributed by atoms with Gasteiger partial charge in [0.05, 0.1) is 0 Å². The number of hydrogen-bond acceptors (Lipinski definition) is 5. The van der Waals surface area contributed by atoms with E-state index in [0.717, 1.165) is 11.1 Å². The number of carbonyl (C=O) groups excluding carboxylic acids is 1. The fraction of sp³-hybridized carbons (Fsp3) is 0.222. The molecule has 2 aromatic heterocycles. The maximum atomic E-state index is 12.1. The molecular formula is C18H19N5O2. The molecule has 0 aliphatic carbocycles. The summed E-state index contributed by atoms with van der Waals surface area (Å²) in [6.45, 7) is 5.34. The average molecular weight is 337 g/mol. The summed E-state index contributed by atoms with van der Waals surface area (Å²) in [5, 5.41) is 6.63. The lowest BCUT2D eigenvalue weighted by atomic mass is 10.2. The molecule has 2 N–H and O–H groups in total. The van der Waals surface area contributed by atoms with E-state index in [-0.39, 0.29) is 17.5 Å². The number of carbonyl (C=O) groups is 1. The van der Waals surface area contributed by atoms with Gasteiger partial charge in [-0.2, -0.15) is 4.98 Å². The van der Waals surface area contributed by atoms with Crippen LogP contribution < -0.4 is 16.2 Å². The maximum absolute atomic E-state index is 12.1. The van der Waals surface area contributed by atoms with Crippen molar-refractivity contribution in [3.05, 3.63) is 52.9 Å². The summed E-state index contributed by atoms with van der Waals surface area (Å²) < 4.78 is 1.64. The van der Waals surface area contributed by atoms with Gasteiger partial charge in [0.25, 0.3) is 5.56 Å². The molecule has 3 rings (SSSR count). The number of pyridine rings is 1. The summed E-state index contributed by atoms with van der Waals surface area (Å²) in [5.74, 6) is 0.282. The molecule has 1 amide bonds. The van der Waals surface area contributed by atoms with Crippen LogP contribution in [0.1, 0.15) is 26.8 Å². The molecule has 1 aromatic carbocycles. The van der Waals surface area contributed by atoms with Crippen molar-refractivity contribution < 1.29 is 4.79 Å². The normalized spacial score (nSPS) is 10.9. The number of aromatic nitrogens is 3. The van der Waals surface area contributed by atoms with E-state index in [9.17, 15) is 9.59 Å². The minimum atomic E-state index is -0.120. The molecule has 128 valence electrons. The Morgan fingerprint density at radius 2 is 1.76 bits per heavy atom. The van der Waals surface area contributed by atoms with E-state index in [1.165, 1.54) is 13.0 Å². The van der Waals surface area contributed by atoms with Crippen LogP contribution in [0.2, 0.25) is 0 Å². The van der Waals surface area contributed by atoms with Crippen molar-refractivity contribution in [3.63, 3.8) is 0 Å². The Hall–Kier alpha value is -3.22. The fourth-order valence-electron chi connectivity index (χ4n) is 2.57. The zero-order valence-corrected chi connectivity index (χ0v) is 14.3. The van der Waals surface area contributed by atoms with Crippen LogP contribution in [-0.2, 0) is 4.79 Å². The van der Waals surface area contributed by atoms with Crippen molar-refractivity contribution >= 4 is 34.3 Å². The monoisotopic (exact) mass is 337 g/mol. The smallest absolute Gasteiger partial charge is 0.252 e. The van der Waals surface area contributed by atoms with Crippen LogP contribution >= 0.6 is 0 Å². The Kier molecular flexibility index (Phi) is 4.47. The lowest BCUT2D eigenvalue weighted by Gasteiger charge is -2.13. The molecule has 0 saturated heterocycles. The average Bonchev–Trinajstić information content (AvgIpc) is 2.55. The molecule has 0 radical (unpaired) electrons. The van der Waals surface area contributed by atoms with Gasteiger partial charge in [-0.05, 0) is 44.2 Å². The van der Waals surface area contributed by atoms with Crippen LogP contribution in [0.5, 0.6) is 0 Å². The number of benzene rings is 1. The lowest BCUT2D eigenvalue weighted by molar-refractivity contribution is -0.114. The Labute approximate surface area is 144 Å². The van der Waals surface area contributed by atoms with E-state index in [1.54, 1.807) is 29.0 Å². The maximum Gasteiger partial charge on any atom is 0.252 e. The fourth-order valence-corrected chi connectivity index (χ4v) is 2.57. The Morgan fingerprint density at radius 3 is 2.40 bits per heavy atom. The van der Waals surface area contributed by atoms with Crippen LogP contribution in [0.15, 0.2) is 47.4 Å². The summed E-state index contributed by atoms with van der Waals surface area (Å²) in [5.41, 5.74) is 2.00. The zero-order valence-electron chi connectivity index (χ0n) is 14.3. The van der Waals surface area contributed by atoms with Crippen molar-refractivity contribution in [3.8, 4) is 0 Å². The van der Waals surface area contributed by atoms with E-state index in [1.807, 2.05) is 26.0 Å². The Morgan fingerprint density at radius 1 is 1.08 bits per heavy atom. The SMILES string of the molecule is CC(=O)Nc1ccc(Nc2ncc3ccc(=O)n(C(C)C)c3n2)cc1. The van der Waals surface area contributed by atoms with E-state index in [0.29, 0.717) is 17.3 Å². The van der Waals surface area contributed by atoms with Crippen LogP contribution in [0.25, 0.3) is 11.0 Å². The van der Waals surface area contributed by atoms with Crippen molar-refractivity contribution in [1.29, 1.82) is 0 Å². The van der Waals surface area contributed by atoms with Gasteiger partial charge in [-0.15, -0.1) is 0 Å². The number of nitrogens with one attached hydrogen (secondary N) is 2. The number of hydrogen-bond donors (Lipinski definition) is 2. The molecule has 3 aromatic rings. The summed E-state index contributed by atoms with van der Waals surface area (Å²) in [7, 11) is 0. The van der Waals surface area contributed by atoms with Crippen LogP contribution in [-0.4, -0.2) is 20.4 Å². The third kappa shape index (κ3) is 3.65. The molecule has 2 heterocycles. The standard InChI is InChI=1S/C18H19N5O2/c1-11(2)23-16(25)9-4-13-10-19-18(22-17(13)23)21-15-7-5-14(6-8-15)20-12(3)24/h4-11H,1-3H3,(H,20,24)(H,19,21,22). The van der Waals surface area contributed by atoms with Crippen LogP contribution in [0.3, 0.4) is 0 Å². The van der Waals surface area contributed by atoms with E-state index in [4.69, 9.17) is 0 Å². The van der Waals surface area contributed by atoms with Crippen molar-refractivity contribution in [2.75, 3.05) is 10.6 Å². The zero-order chi connectivity index (χ0) is 18.0. The molecule has 0 unspecified atom stereocenters. The third-order valence-corrected chi connectivity index (χ3v) is 3.64. The molecule has 25 heavy (non-hydrogen) atoms. The number of rotatable bonds is 4. The van der Waals surface area contributed by atoms with E-state index in [2.05, 4.69) is 20.6 Å². The second-order valence-electron chi connectivity index (χ2n) is 5.99. The molecular weight excluding hydrogens is 318 g/mol. The molecule has 0 aliphatic rings. The lowest BCUT2D eigenvalue weighted by Crippen LogP contribution is -2.22. The number of nitrogens with zero attached hydrogens (tertiary/aromatic N) is 3. The molecule has 7 heteroatoms. The Bertz CT molecular complexity index is 977. The van der Waals surface area contributed by atoms with E-state index >= 15 is 0 Å². The largest absolute Gasteiger partial charge is 0.326 e. The summed E-state index contributed by atoms with van der Waals surface area (Å²) in [6.07, 6.45) is 1.69. The first-order chi connectivity index (χ1) is 11.9.